The molecule has 1 fully saturated rings. The molecule has 3 rings (SSSR count). The Labute approximate surface area is 140 Å². The van der Waals surface area contributed by atoms with Gasteiger partial charge in [-0.05, 0) is 55.9 Å². The lowest BCUT2D eigenvalue weighted by molar-refractivity contribution is 0.399. The molecule has 2 aliphatic carbocycles. The summed E-state index contributed by atoms with van der Waals surface area (Å²) in [5.74, 6) is 1.32. The van der Waals surface area contributed by atoms with Gasteiger partial charge in [0.15, 0.2) is 8.24 Å². The molecule has 1 saturated carbocycles. The first-order valence-electron chi connectivity index (χ1n) is 8.75. The van der Waals surface area contributed by atoms with Crippen molar-refractivity contribution in [3.05, 3.63) is 53.4 Å². The fourth-order valence-corrected chi connectivity index (χ4v) is 6.65. The predicted octanol–water partition coefficient (Wildman–Crippen LogP) is 6.07. The van der Waals surface area contributed by atoms with E-state index in [4.69, 9.17) is 0 Å². The van der Waals surface area contributed by atoms with Gasteiger partial charge >= 0.3 is 0 Å². The van der Waals surface area contributed by atoms with Crippen LogP contribution in [0.4, 0.5) is 10.1 Å². The lowest BCUT2D eigenvalue weighted by Gasteiger charge is -2.32. The quantitative estimate of drug-likeness (QED) is 0.661. The molecular formula is C20H28FNSi. The number of allylic oxidation sites excluding steroid dienone is 4. The largest absolute Gasteiger partial charge is 0.410 e. The lowest BCUT2D eigenvalue weighted by Crippen LogP contribution is -2.38. The monoisotopic (exact) mass is 329 g/mol. The summed E-state index contributed by atoms with van der Waals surface area (Å²) in [7, 11) is -1.62. The molecule has 0 saturated heterocycles. The van der Waals surface area contributed by atoms with Gasteiger partial charge in [-0.3, -0.25) is 0 Å². The van der Waals surface area contributed by atoms with E-state index in [2.05, 4.69) is 62.3 Å². The standard InChI is InChI=1S/C20H28FNSi/c1-14-5-8-17(9-6-14)22-23(3,4)13-16-7-10-20(21)19-12-15(2)11-18(16)19/h5-10,15,18-19,22H,11-13H2,1-4H3. The highest BCUT2D eigenvalue weighted by Crippen LogP contribution is 2.48. The Kier molecular flexibility index (Phi) is 4.50. The summed E-state index contributed by atoms with van der Waals surface area (Å²) in [6, 6.07) is 9.73. The molecule has 2 aliphatic rings. The van der Waals surface area contributed by atoms with Gasteiger partial charge < -0.3 is 4.98 Å². The van der Waals surface area contributed by atoms with E-state index in [1.54, 1.807) is 6.08 Å². The maximum atomic E-state index is 14.1. The highest BCUT2D eigenvalue weighted by Gasteiger charge is 2.40. The second-order valence-corrected chi connectivity index (χ2v) is 12.5. The van der Waals surface area contributed by atoms with Gasteiger partial charge in [-0.15, -0.1) is 0 Å². The summed E-state index contributed by atoms with van der Waals surface area (Å²) in [5.41, 5.74) is 3.96. The van der Waals surface area contributed by atoms with E-state index in [9.17, 15) is 4.39 Å². The molecule has 1 aromatic carbocycles. The highest BCUT2D eigenvalue weighted by atomic mass is 28.3. The zero-order valence-corrected chi connectivity index (χ0v) is 15.7. The maximum absolute atomic E-state index is 14.1. The molecule has 0 amide bonds. The van der Waals surface area contributed by atoms with Crippen molar-refractivity contribution in [3.8, 4) is 0 Å². The average Bonchev–Trinajstić information content (AvgIpc) is 2.87. The van der Waals surface area contributed by atoms with Crippen molar-refractivity contribution < 1.29 is 4.39 Å². The Morgan fingerprint density at radius 2 is 1.74 bits per heavy atom. The first-order valence-corrected chi connectivity index (χ1v) is 12.0. The predicted molar refractivity (Wildman–Crippen MR) is 99.7 cm³/mol. The number of anilines is 1. The number of rotatable bonds is 4. The minimum absolute atomic E-state index is 0.106. The van der Waals surface area contributed by atoms with E-state index in [0.29, 0.717) is 11.8 Å². The van der Waals surface area contributed by atoms with Crippen molar-refractivity contribution in [2.45, 2.75) is 45.8 Å². The van der Waals surface area contributed by atoms with Crippen LogP contribution in [0.25, 0.3) is 0 Å². The Morgan fingerprint density at radius 3 is 2.43 bits per heavy atom. The van der Waals surface area contributed by atoms with Gasteiger partial charge in [-0.2, -0.15) is 0 Å². The normalized spacial score (nSPS) is 27.3. The second kappa shape index (κ2) is 6.27. The van der Waals surface area contributed by atoms with Gasteiger partial charge in [0.1, 0.15) is 5.83 Å². The molecule has 0 bridgehead atoms. The van der Waals surface area contributed by atoms with Crippen LogP contribution in [0.3, 0.4) is 0 Å². The van der Waals surface area contributed by atoms with Crippen molar-refractivity contribution in [2.24, 2.45) is 17.8 Å². The third kappa shape index (κ3) is 3.77. The van der Waals surface area contributed by atoms with Gasteiger partial charge in [0.05, 0.1) is 0 Å². The number of hydrogen-bond acceptors (Lipinski definition) is 1. The number of halogens is 1. The molecule has 0 spiro atoms. The van der Waals surface area contributed by atoms with Crippen LogP contribution in [0.5, 0.6) is 0 Å². The maximum Gasteiger partial charge on any atom is 0.151 e. The van der Waals surface area contributed by atoms with Gasteiger partial charge in [-0.25, -0.2) is 4.39 Å². The Balaban J connectivity index is 1.73. The number of benzene rings is 1. The minimum atomic E-state index is -1.62. The van der Waals surface area contributed by atoms with Crippen LogP contribution in [0.2, 0.25) is 19.1 Å². The molecule has 1 nitrogen and oxygen atoms in total. The van der Waals surface area contributed by atoms with E-state index in [1.165, 1.54) is 16.8 Å². The SMILES string of the molecule is Cc1ccc(N[Si](C)(C)CC2=CC=C(F)C3CC(C)CC23)cc1. The summed E-state index contributed by atoms with van der Waals surface area (Å²) in [5, 5.41) is 0. The first-order chi connectivity index (χ1) is 10.8. The number of hydrogen-bond donors (Lipinski definition) is 1. The molecule has 0 aromatic heterocycles. The summed E-state index contributed by atoms with van der Waals surface area (Å²) in [4.78, 5) is 3.78. The molecular weight excluding hydrogens is 301 g/mol. The number of nitrogens with one attached hydrogen (secondary N) is 1. The molecule has 124 valence electrons. The molecule has 0 heterocycles. The lowest BCUT2D eigenvalue weighted by atomic mass is 9.85. The van der Waals surface area contributed by atoms with Crippen molar-refractivity contribution in [3.63, 3.8) is 0 Å². The van der Waals surface area contributed by atoms with Crippen LogP contribution in [0.15, 0.2) is 47.8 Å². The van der Waals surface area contributed by atoms with Gasteiger partial charge in [0, 0.05) is 11.6 Å². The molecule has 1 aromatic rings. The molecule has 1 N–H and O–H groups in total. The number of aryl methyl sites for hydroxylation is 1. The third-order valence-electron chi connectivity index (χ3n) is 5.27. The summed E-state index contributed by atoms with van der Waals surface area (Å²) in [6.07, 6.45) is 5.95. The van der Waals surface area contributed by atoms with Crippen molar-refractivity contribution in [2.75, 3.05) is 4.98 Å². The van der Waals surface area contributed by atoms with E-state index in [0.717, 1.165) is 18.9 Å². The summed E-state index contributed by atoms with van der Waals surface area (Å²) in [6.45, 7) is 9.11. The fraction of sp³-hybridized carbons (Fsp3) is 0.500. The molecule has 3 unspecified atom stereocenters. The molecule has 0 radical (unpaired) electrons. The molecule has 0 aliphatic heterocycles. The summed E-state index contributed by atoms with van der Waals surface area (Å²) >= 11 is 0. The van der Waals surface area contributed by atoms with Crippen LogP contribution in [-0.2, 0) is 0 Å². The van der Waals surface area contributed by atoms with Gasteiger partial charge in [0.2, 0.25) is 0 Å². The third-order valence-corrected chi connectivity index (χ3v) is 7.52. The average molecular weight is 330 g/mol. The first kappa shape index (κ1) is 16.5. The Hall–Kier alpha value is -1.35. The fourth-order valence-electron chi connectivity index (χ4n) is 4.21. The number of fused-ring (bicyclic) bond motifs is 1. The molecule has 3 atom stereocenters. The van der Waals surface area contributed by atoms with Gasteiger partial charge in [0.25, 0.3) is 0 Å². The van der Waals surface area contributed by atoms with Crippen LogP contribution in [0, 0.1) is 24.7 Å². The van der Waals surface area contributed by atoms with E-state index in [-0.39, 0.29) is 11.7 Å². The smallest absolute Gasteiger partial charge is 0.151 e. The van der Waals surface area contributed by atoms with Crippen molar-refractivity contribution in [1.82, 2.24) is 0 Å². The van der Waals surface area contributed by atoms with Crippen LogP contribution >= 0.6 is 0 Å². The highest BCUT2D eigenvalue weighted by molar-refractivity contribution is 6.80. The van der Waals surface area contributed by atoms with E-state index in [1.807, 2.05) is 0 Å². The minimum Gasteiger partial charge on any atom is -0.410 e. The van der Waals surface area contributed by atoms with Crippen molar-refractivity contribution >= 4 is 13.9 Å². The van der Waals surface area contributed by atoms with E-state index < -0.39 is 8.24 Å². The molecule has 3 heteroatoms. The Morgan fingerprint density at radius 1 is 1.09 bits per heavy atom. The Bertz CT molecular complexity index is 630. The zero-order chi connectivity index (χ0) is 16.6. The van der Waals surface area contributed by atoms with Crippen LogP contribution in [-0.4, -0.2) is 8.24 Å². The van der Waals surface area contributed by atoms with Crippen LogP contribution < -0.4 is 4.98 Å². The van der Waals surface area contributed by atoms with E-state index >= 15 is 0 Å². The molecule has 23 heavy (non-hydrogen) atoms. The van der Waals surface area contributed by atoms with Crippen molar-refractivity contribution in [1.29, 1.82) is 0 Å². The summed E-state index contributed by atoms with van der Waals surface area (Å²) < 4.78 is 14.1. The topological polar surface area (TPSA) is 12.0 Å². The zero-order valence-electron chi connectivity index (χ0n) is 14.7. The van der Waals surface area contributed by atoms with Crippen LogP contribution in [0.1, 0.15) is 25.3 Å². The second-order valence-electron chi connectivity index (χ2n) is 8.13. The van der Waals surface area contributed by atoms with Gasteiger partial charge in [-0.1, -0.05) is 49.4 Å².